The zero-order valence-corrected chi connectivity index (χ0v) is 11.7. The van der Waals surface area contributed by atoms with Crippen LogP contribution in [0.15, 0.2) is 0 Å². The second-order valence-corrected chi connectivity index (χ2v) is 6.20. The number of hydrogen-bond donors (Lipinski definition) is 3. The predicted molar refractivity (Wildman–Crippen MR) is 68.7 cm³/mol. The van der Waals surface area contributed by atoms with Crippen LogP contribution in [0.3, 0.4) is 0 Å². The number of carbonyl (C=O) groups excluding carboxylic acids is 2. The molecule has 0 bridgehead atoms. The van der Waals surface area contributed by atoms with Gasteiger partial charge in [0.15, 0.2) is 0 Å². The molecular weight excluding hydrogens is 218 g/mol. The quantitative estimate of drug-likeness (QED) is 0.669. The molecule has 0 unspecified atom stereocenters. The number of carbonyl (C=O) groups is 2. The van der Waals surface area contributed by atoms with Crippen LogP contribution in [-0.4, -0.2) is 36.0 Å². The van der Waals surface area contributed by atoms with E-state index in [1.807, 2.05) is 41.5 Å². The Morgan fingerprint density at radius 2 is 1.06 bits per heavy atom. The molecule has 100 valence electrons. The van der Waals surface area contributed by atoms with E-state index in [0.29, 0.717) is 0 Å². The van der Waals surface area contributed by atoms with Crippen molar-refractivity contribution >= 4 is 11.8 Å². The smallest absolute Gasteiger partial charge is 0.234 e. The average molecular weight is 243 g/mol. The lowest BCUT2D eigenvalue weighted by Crippen LogP contribution is -2.48. The van der Waals surface area contributed by atoms with Gasteiger partial charge in [-0.05, 0) is 41.5 Å². The molecule has 0 radical (unpaired) electrons. The summed E-state index contributed by atoms with van der Waals surface area (Å²) in [6, 6.07) is 0. The minimum atomic E-state index is -0.244. The Morgan fingerprint density at radius 1 is 0.765 bits per heavy atom. The van der Waals surface area contributed by atoms with Gasteiger partial charge in [0.25, 0.3) is 0 Å². The van der Waals surface area contributed by atoms with Gasteiger partial charge in [0.2, 0.25) is 11.8 Å². The first-order chi connectivity index (χ1) is 7.49. The molecule has 5 nitrogen and oxygen atoms in total. The van der Waals surface area contributed by atoms with Crippen molar-refractivity contribution in [3.05, 3.63) is 0 Å². The van der Waals surface area contributed by atoms with Gasteiger partial charge in [0.05, 0.1) is 13.1 Å². The van der Waals surface area contributed by atoms with Gasteiger partial charge >= 0.3 is 0 Å². The highest BCUT2D eigenvalue weighted by atomic mass is 16.2. The molecule has 0 heterocycles. The third kappa shape index (κ3) is 11.2. The molecule has 0 aromatic heterocycles. The molecule has 3 N–H and O–H groups in total. The molecule has 5 heteroatoms. The Morgan fingerprint density at radius 3 is 1.29 bits per heavy atom. The van der Waals surface area contributed by atoms with Gasteiger partial charge in [-0.15, -0.1) is 0 Å². The fourth-order valence-electron chi connectivity index (χ4n) is 1.21. The molecule has 0 aliphatic heterocycles. The topological polar surface area (TPSA) is 70.2 Å². The van der Waals surface area contributed by atoms with E-state index < -0.39 is 0 Å². The number of amides is 2. The van der Waals surface area contributed by atoms with E-state index in [9.17, 15) is 9.59 Å². The Balaban J connectivity index is 3.78. The highest BCUT2D eigenvalue weighted by Crippen LogP contribution is 1.98. The lowest BCUT2D eigenvalue weighted by molar-refractivity contribution is -0.122. The standard InChI is InChI=1S/C12H25N3O2/c1-11(2,3)14-9(16)7-13-8-10(17)15-12(4,5)6/h13H,7-8H2,1-6H3,(H,14,16)(H,15,17). The first-order valence-corrected chi connectivity index (χ1v) is 5.82. The van der Waals surface area contributed by atoms with Gasteiger partial charge in [-0.25, -0.2) is 0 Å². The van der Waals surface area contributed by atoms with E-state index in [4.69, 9.17) is 0 Å². The number of hydrogen-bond acceptors (Lipinski definition) is 3. The van der Waals surface area contributed by atoms with Crippen LogP contribution in [0.2, 0.25) is 0 Å². The summed E-state index contributed by atoms with van der Waals surface area (Å²) in [5.41, 5.74) is -0.487. The third-order valence-electron chi connectivity index (χ3n) is 1.60. The minimum Gasteiger partial charge on any atom is -0.350 e. The molecule has 0 spiro atoms. The van der Waals surface area contributed by atoms with Crippen LogP contribution in [0.4, 0.5) is 0 Å². The Bertz CT molecular complexity index is 246. The molecule has 17 heavy (non-hydrogen) atoms. The normalized spacial score (nSPS) is 12.1. The molecule has 0 saturated heterocycles. The summed E-state index contributed by atoms with van der Waals surface area (Å²) in [7, 11) is 0. The molecule has 2 amide bonds. The predicted octanol–water partition coefficient (Wildman–Crippen LogP) is 0.405. The molecule has 0 aromatic carbocycles. The van der Waals surface area contributed by atoms with E-state index in [0.717, 1.165) is 0 Å². The molecule has 0 aliphatic rings. The van der Waals surface area contributed by atoms with Crippen molar-refractivity contribution in [2.45, 2.75) is 52.6 Å². The highest BCUT2D eigenvalue weighted by molar-refractivity contribution is 5.81. The zero-order chi connectivity index (χ0) is 13.7. The summed E-state index contributed by atoms with van der Waals surface area (Å²) in [6.07, 6.45) is 0. The van der Waals surface area contributed by atoms with Gasteiger partial charge in [-0.1, -0.05) is 0 Å². The van der Waals surface area contributed by atoms with Crippen LogP contribution in [0.1, 0.15) is 41.5 Å². The lowest BCUT2D eigenvalue weighted by atomic mass is 10.1. The first kappa shape index (κ1) is 15.9. The van der Waals surface area contributed by atoms with Crippen LogP contribution in [-0.2, 0) is 9.59 Å². The largest absolute Gasteiger partial charge is 0.350 e. The second kappa shape index (κ2) is 6.00. The summed E-state index contributed by atoms with van der Waals surface area (Å²) in [5.74, 6) is -0.220. The van der Waals surface area contributed by atoms with Crippen LogP contribution in [0.5, 0.6) is 0 Å². The molecule has 0 atom stereocenters. The minimum absolute atomic E-state index is 0.110. The van der Waals surface area contributed by atoms with E-state index in [-0.39, 0.29) is 36.0 Å². The molecule has 0 rings (SSSR count). The van der Waals surface area contributed by atoms with Crippen molar-refractivity contribution in [1.82, 2.24) is 16.0 Å². The van der Waals surface area contributed by atoms with E-state index in [2.05, 4.69) is 16.0 Å². The summed E-state index contributed by atoms with van der Waals surface area (Å²) >= 11 is 0. The number of rotatable bonds is 4. The van der Waals surface area contributed by atoms with Crippen molar-refractivity contribution in [2.75, 3.05) is 13.1 Å². The summed E-state index contributed by atoms with van der Waals surface area (Å²) in [4.78, 5) is 22.8. The molecular formula is C12H25N3O2. The van der Waals surface area contributed by atoms with Gasteiger partial charge < -0.3 is 10.6 Å². The summed E-state index contributed by atoms with van der Waals surface area (Å²) in [5, 5.41) is 8.42. The number of nitrogens with one attached hydrogen (secondary N) is 3. The maximum absolute atomic E-state index is 11.4. The van der Waals surface area contributed by atoms with Crippen molar-refractivity contribution in [3.63, 3.8) is 0 Å². The Kier molecular flexibility index (Phi) is 5.61. The monoisotopic (exact) mass is 243 g/mol. The van der Waals surface area contributed by atoms with Crippen molar-refractivity contribution in [2.24, 2.45) is 0 Å². The maximum Gasteiger partial charge on any atom is 0.234 e. The van der Waals surface area contributed by atoms with E-state index >= 15 is 0 Å². The third-order valence-corrected chi connectivity index (χ3v) is 1.60. The van der Waals surface area contributed by atoms with Gasteiger partial charge in [-0.3, -0.25) is 14.9 Å². The van der Waals surface area contributed by atoms with E-state index in [1.54, 1.807) is 0 Å². The lowest BCUT2D eigenvalue weighted by Gasteiger charge is -2.22. The van der Waals surface area contributed by atoms with Gasteiger partial charge in [-0.2, -0.15) is 0 Å². The first-order valence-electron chi connectivity index (χ1n) is 5.82. The maximum atomic E-state index is 11.4. The second-order valence-electron chi connectivity index (χ2n) is 6.20. The molecule has 0 aliphatic carbocycles. The fraction of sp³-hybridized carbons (Fsp3) is 0.833. The van der Waals surface area contributed by atoms with Gasteiger partial charge in [0, 0.05) is 11.1 Å². The van der Waals surface area contributed by atoms with E-state index in [1.165, 1.54) is 0 Å². The zero-order valence-electron chi connectivity index (χ0n) is 11.7. The molecule has 0 fully saturated rings. The summed E-state index contributed by atoms with van der Waals surface area (Å²) in [6.45, 7) is 11.8. The fourth-order valence-corrected chi connectivity index (χ4v) is 1.21. The molecule has 0 saturated carbocycles. The van der Waals surface area contributed by atoms with Crippen LogP contribution in [0, 0.1) is 0 Å². The van der Waals surface area contributed by atoms with Crippen molar-refractivity contribution in [1.29, 1.82) is 0 Å². The van der Waals surface area contributed by atoms with Crippen LogP contribution in [0.25, 0.3) is 0 Å². The van der Waals surface area contributed by atoms with Crippen molar-refractivity contribution < 1.29 is 9.59 Å². The Hall–Kier alpha value is -1.10. The van der Waals surface area contributed by atoms with Gasteiger partial charge in [0.1, 0.15) is 0 Å². The SMILES string of the molecule is CC(C)(C)NC(=O)CNCC(=O)NC(C)(C)C. The highest BCUT2D eigenvalue weighted by Gasteiger charge is 2.15. The molecule has 0 aromatic rings. The summed E-state index contributed by atoms with van der Waals surface area (Å²) < 4.78 is 0. The average Bonchev–Trinajstić information content (AvgIpc) is 1.95. The van der Waals surface area contributed by atoms with Crippen LogP contribution >= 0.6 is 0 Å². The van der Waals surface area contributed by atoms with Crippen molar-refractivity contribution in [3.8, 4) is 0 Å². The Labute approximate surface area is 104 Å². The van der Waals surface area contributed by atoms with Crippen LogP contribution < -0.4 is 16.0 Å².